The Balaban J connectivity index is 1.68. The van der Waals surface area contributed by atoms with E-state index in [-0.39, 0.29) is 18.1 Å². The second kappa shape index (κ2) is 8.58. The Kier molecular flexibility index (Phi) is 6.12. The summed E-state index contributed by atoms with van der Waals surface area (Å²) in [4.78, 5) is 24.5. The van der Waals surface area contributed by atoms with Crippen LogP contribution in [-0.4, -0.2) is 39.8 Å². The Morgan fingerprint density at radius 1 is 1.10 bits per heavy atom. The molecule has 1 N–H and O–H groups in total. The number of carbonyl (C=O) groups is 2. The van der Waals surface area contributed by atoms with Crippen LogP contribution in [0.25, 0.3) is 11.0 Å². The van der Waals surface area contributed by atoms with Crippen LogP contribution in [0.2, 0.25) is 0 Å². The van der Waals surface area contributed by atoms with Crippen molar-refractivity contribution in [2.75, 3.05) is 24.8 Å². The average molecular weight is 431 g/mol. The van der Waals surface area contributed by atoms with Gasteiger partial charge in [-0.2, -0.15) is 0 Å². The van der Waals surface area contributed by atoms with E-state index in [9.17, 15) is 18.0 Å². The zero-order chi connectivity index (χ0) is 21.9. The molecule has 0 spiro atoms. The maximum absolute atomic E-state index is 12.2. The van der Waals surface area contributed by atoms with Crippen molar-refractivity contribution < 1.29 is 31.9 Å². The number of nitrogens with one attached hydrogen (secondary N) is 1. The summed E-state index contributed by atoms with van der Waals surface area (Å²) in [5.41, 5.74) is 1.28. The van der Waals surface area contributed by atoms with Crippen molar-refractivity contribution in [2.45, 2.75) is 18.7 Å². The Morgan fingerprint density at radius 3 is 2.43 bits per heavy atom. The molecule has 3 rings (SSSR count). The predicted octanol–water partition coefficient (Wildman–Crippen LogP) is 3.34. The molecule has 0 saturated heterocycles. The van der Waals surface area contributed by atoms with E-state index >= 15 is 0 Å². The highest BCUT2D eigenvalue weighted by Crippen LogP contribution is 2.29. The largest absolute Gasteiger partial charge is 0.484 e. The fourth-order valence-electron chi connectivity index (χ4n) is 2.88. The number of amides is 1. The normalized spacial score (nSPS) is 11.3. The van der Waals surface area contributed by atoms with Gasteiger partial charge in [0.2, 0.25) is 0 Å². The molecular formula is C21H21NO7S. The summed E-state index contributed by atoms with van der Waals surface area (Å²) in [5.74, 6) is -0.0790. The molecule has 3 aromatic rings. The summed E-state index contributed by atoms with van der Waals surface area (Å²) in [7, 11) is -3.30. The van der Waals surface area contributed by atoms with Gasteiger partial charge in [-0.15, -0.1) is 0 Å². The van der Waals surface area contributed by atoms with Gasteiger partial charge in [0.05, 0.1) is 11.5 Å². The van der Waals surface area contributed by atoms with Gasteiger partial charge in [0.15, 0.2) is 16.4 Å². The van der Waals surface area contributed by atoms with E-state index in [2.05, 4.69) is 5.32 Å². The fraction of sp³-hybridized carbons (Fsp3) is 0.238. The fourth-order valence-corrected chi connectivity index (χ4v) is 3.51. The molecule has 0 bridgehead atoms. The summed E-state index contributed by atoms with van der Waals surface area (Å²) >= 11 is 0. The summed E-state index contributed by atoms with van der Waals surface area (Å²) in [6.07, 6.45) is 1.11. The number of carbonyl (C=O) groups excluding carboxylic acids is 2. The van der Waals surface area contributed by atoms with Crippen LogP contribution in [0.3, 0.4) is 0 Å². The molecule has 0 aliphatic rings. The lowest BCUT2D eigenvalue weighted by Gasteiger charge is -2.08. The monoisotopic (exact) mass is 431 g/mol. The number of anilines is 1. The Labute approximate surface area is 173 Å². The molecule has 0 aliphatic heterocycles. The van der Waals surface area contributed by atoms with Crippen molar-refractivity contribution in [1.82, 2.24) is 0 Å². The molecule has 1 aromatic heterocycles. The average Bonchev–Trinajstić information content (AvgIpc) is 3.01. The third-order valence-electron chi connectivity index (χ3n) is 4.25. The predicted molar refractivity (Wildman–Crippen MR) is 111 cm³/mol. The zero-order valence-electron chi connectivity index (χ0n) is 16.7. The van der Waals surface area contributed by atoms with E-state index in [0.717, 1.165) is 6.26 Å². The number of fused-ring (bicyclic) bond motifs is 1. The van der Waals surface area contributed by atoms with Gasteiger partial charge in [-0.1, -0.05) is 0 Å². The van der Waals surface area contributed by atoms with Crippen molar-refractivity contribution in [3.05, 3.63) is 53.8 Å². The van der Waals surface area contributed by atoms with Crippen molar-refractivity contribution >= 4 is 38.4 Å². The number of benzene rings is 2. The van der Waals surface area contributed by atoms with E-state index in [0.29, 0.717) is 33.7 Å². The second-order valence-electron chi connectivity index (χ2n) is 6.55. The van der Waals surface area contributed by atoms with Gasteiger partial charge >= 0.3 is 5.97 Å². The van der Waals surface area contributed by atoms with Crippen molar-refractivity contribution in [2.24, 2.45) is 0 Å². The van der Waals surface area contributed by atoms with Gasteiger partial charge in [-0.05, 0) is 56.3 Å². The first-order valence-corrected chi connectivity index (χ1v) is 11.0. The van der Waals surface area contributed by atoms with E-state index < -0.39 is 21.7 Å². The van der Waals surface area contributed by atoms with Crippen LogP contribution in [0.15, 0.2) is 51.8 Å². The van der Waals surface area contributed by atoms with Gasteiger partial charge in [-0.25, -0.2) is 13.2 Å². The smallest absolute Gasteiger partial charge is 0.342 e. The van der Waals surface area contributed by atoms with Gasteiger partial charge in [0, 0.05) is 17.3 Å². The van der Waals surface area contributed by atoms with E-state index in [1.54, 1.807) is 32.0 Å². The van der Waals surface area contributed by atoms with Gasteiger partial charge in [0.25, 0.3) is 5.91 Å². The molecule has 0 aliphatic carbocycles. The molecule has 158 valence electrons. The molecule has 0 unspecified atom stereocenters. The van der Waals surface area contributed by atoms with Crippen LogP contribution in [0.4, 0.5) is 5.69 Å². The molecule has 9 heteroatoms. The van der Waals surface area contributed by atoms with Gasteiger partial charge in [-0.3, -0.25) is 4.79 Å². The molecule has 8 nitrogen and oxygen atoms in total. The first kappa shape index (κ1) is 21.4. The van der Waals surface area contributed by atoms with Gasteiger partial charge < -0.3 is 19.2 Å². The highest BCUT2D eigenvalue weighted by atomic mass is 32.2. The molecule has 0 atom stereocenters. The number of aryl methyl sites for hydroxylation is 1. The zero-order valence-corrected chi connectivity index (χ0v) is 17.5. The summed E-state index contributed by atoms with van der Waals surface area (Å²) in [6.45, 7) is 3.37. The van der Waals surface area contributed by atoms with Crippen LogP contribution in [0, 0.1) is 6.92 Å². The van der Waals surface area contributed by atoms with E-state index in [1.807, 2.05) is 0 Å². The van der Waals surface area contributed by atoms with Crippen LogP contribution in [0.1, 0.15) is 23.0 Å². The summed E-state index contributed by atoms with van der Waals surface area (Å²) < 4.78 is 39.1. The minimum atomic E-state index is -3.30. The minimum Gasteiger partial charge on any atom is -0.484 e. The highest BCUT2D eigenvalue weighted by molar-refractivity contribution is 7.90. The van der Waals surface area contributed by atoms with Crippen molar-refractivity contribution in [3.8, 4) is 5.75 Å². The third-order valence-corrected chi connectivity index (χ3v) is 5.38. The molecule has 0 radical (unpaired) electrons. The summed E-state index contributed by atoms with van der Waals surface area (Å²) in [5, 5.41) is 3.17. The molecule has 1 amide bonds. The topological polar surface area (TPSA) is 112 Å². The van der Waals surface area contributed by atoms with Gasteiger partial charge in [0.1, 0.15) is 22.7 Å². The standard InChI is InChI=1S/C21H21NO7S/c1-4-27-21(24)20-13(2)29-18-10-7-15(11-17(18)20)28-12-19(23)22-14-5-8-16(9-6-14)30(3,25)26/h5-11H,4,12H2,1-3H3,(H,22,23). The first-order chi connectivity index (χ1) is 14.2. The van der Waals surface area contributed by atoms with Crippen molar-refractivity contribution in [3.63, 3.8) is 0 Å². The molecule has 0 fully saturated rings. The number of esters is 1. The highest BCUT2D eigenvalue weighted by Gasteiger charge is 2.20. The van der Waals surface area contributed by atoms with Crippen LogP contribution in [-0.2, 0) is 19.4 Å². The first-order valence-electron chi connectivity index (χ1n) is 9.12. The number of sulfone groups is 1. The van der Waals surface area contributed by atoms with Crippen molar-refractivity contribution in [1.29, 1.82) is 0 Å². The lowest BCUT2D eigenvalue weighted by Crippen LogP contribution is -2.20. The molecule has 0 saturated carbocycles. The lowest BCUT2D eigenvalue weighted by molar-refractivity contribution is -0.118. The van der Waals surface area contributed by atoms with Crippen LogP contribution >= 0.6 is 0 Å². The maximum Gasteiger partial charge on any atom is 0.342 e. The quantitative estimate of drug-likeness (QED) is 0.571. The second-order valence-corrected chi connectivity index (χ2v) is 8.56. The van der Waals surface area contributed by atoms with Crippen LogP contribution < -0.4 is 10.1 Å². The number of ether oxygens (including phenoxy) is 2. The molecule has 30 heavy (non-hydrogen) atoms. The number of hydrogen-bond donors (Lipinski definition) is 1. The Morgan fingerprint density at radius 2 is 1.80 bits per heavy atom. The summed E-state index contributed by atoms with van der Waals surface area (Å²) in [6, 6.07) is 10.7. The number of furan rings is 1. The SMILES string of the molecule is CCOC(=O)c1c(C)oc2ccc(OCC(=O)Nc3ccc(S(C)(=O)=O)cc3)cc12. The van der Waals surface area contributed by atoms with E-state index in [1.165, 1.54) is 24.3 Å². The lowest BCUT2D eigenvalue weighted by atomic mass is 10.1. The molecule has 1 heterocycles. The molecular weight excluding hydrogens is 410 g/mol. The minimum absolute atomic E-state index is 0.165. The van der Waals surface area contributed by atoms with E-state index in [4.69, 9.17) is 13.9 Å². The number of hydrogen-bond acceptors (Lipinski definition) is 7. The molecule has 2 aromatic carbocycles. The third kappa shape index (κ3) is 4.80. The van der Waals surface area contributed by atoms with Crippen LogP contribution in [0.5, 0.6) is 5.75 Å². The Bertz CT molecular complexity index is 1190. The number of rotatable bonds is 7. The maximum atomic E-state index is 12.2. The Hall–Kier alpha value is -3.33.